The highest BCUT2D eigenvalue weighted by Gasteiger charge is 2.37. The van der Waals surface area contributed by atoms with Crippen LogP contribution in [0.15, 0.2) is 0 Å². The highest BCUT2D eigenvalue weighted by atomic mass is 16.7. The Labute approximate surface area is 92.5 Å². The molecule has 1 fully saturated rings. The van der Waals surface area contributed by atoms with E-state index in [0.717, 1.165) is 0 Å². The molecule has 0 aromatic rings. The topological polar surface area (TPSA) is 80.8 Å². The maximum atomic E-state index is 11.4. The summed E-state index contributed by atoms with van der Waals surface area (Å²) in [5.41, 5.74) is -0.900. The van der Waals surface area contributed by atoms with Gasteiger partial charge in [-0.25, -0.2) is 4.79 Å². The van der Waals surface area contributed by atoms with E-state index in [2.05, 4.69) is 4.84 Å². The number of imide groups is 1. The first-order valence-electron chi connectivity index (χ1n) is 4.86. The summed E-state index contributed by atoms with van der Waals surface area (Å²) in [4.78, 5) is 49.4. The number of Topliss-reactive ketones (excluding diaryl/α,β-unsaturated/α-hetero) is 1. The lowest BCUT2D eigenvalue weighted by Gasteiger charge is -2.17. The predicted octanol–water partition coefficient (Wildman–Crippen LogP) is 0.209. The lowest BCUT2D eigenvalue weighted by Crippen LogP contribution is -2.38. The zero-order chi connectivity index (χ0) is 12.5. The lowest BCUT2D eigenvalue weighted by atomic mass is 9.91. The van der Waals surface area contributed by atoms with Crippen LogP contribution in [-0.2, 0) is 24.0 Å². The van der Waals surface area contributed by atoms with Gasteiger partial charge in [0.15, 0.2) is 0 Å². The van der Waals surface area contributed by atoms with E-state index in [9.17, 15) is 19.2 Å². The summed E-state index contributed by atoms with van der Waals surface area (Å²) >= 11 is 0. The molecule has 6 nitrogen and oxygen atoms in total. The van der Waals surface area contributed by atoms with Crippen molar-refractivity contribution in [1.82, 2.24) is 5.06 Å². The van der Waals surface area contributed by atoms with E-state index in [4.69, 9.17) is 0 Å². The molecular weight excluding hydrogens is 214 g/mol. The normalized spacial score (nSPS) is 16.6. The van der Waals surface area contributed by atoms with Gasteiger partial charge >= 0.3 is 5.97 Å². The Morgan fingerprint density at radius 1 is 1.12 bits per heavy atom. The van der Waals surface area contributed by atoms with E-state index in [-0.39, 0.29) is 12.8 Å². The number of carbonyl (C=O) groups excluding carboxylic acids is 4. The second-order valence-electron chi connectivity index (χ2n) is 4.54. The summed E-state index contributed by atoms with van der Waals surface area (Å²) in [6.45, 7) is 4.64. The van der Waals surface area contributed by atoms with Crippen molar-refractivity contribution in [3.63, 3.8) is 0 Å². The molecule has 0 aromatic carbocycles. The molecule has 1 heterocycles. The molecular formula is C10H13NO5. The van der Waals surface area contributed by atoms with Crippen LogP contribution in [0.5, 0.6) is 0 Å². The van der Waals surface area contributed by atoms with Gasteiger partial charge in [-0.2, -0.15) is 0 Å². The second-order valence-corrected chi connectivity index (χ2v) is 4.54. The smallest absolute Gasteiger partial charge is 0.322 e. The van der Waals surface area contributed by atoms with Crippen molar-refractivity contribution >= 4 is 23.6 Å². The van der Waals surface area contributed by atoms with Crippen LogP contribution in [0.25, 0.3) is 0 Å². The highest BCUT2D eigenvalue weighted by Crippen LogP contribution is 2.17. The Kier molecular flexibility index (Phi) is 3.11. The molecule has 1 rings (SSSR count). The summed E-state index contributed by atoms with van der Waals surface area (Å²) in [5, 5.41) is 0.367. The molecule has 0 aromatic heterocycles. The molecule has 0 N–H and O–H groups in total. The van der Waals surface area contributed by atoms with Crippen molar-refractivity contribution in [1.29, 1.82) is 0 Å². The van der Waals surface area contributed by atoms with Gasteiger partial charge in [-0.3, -0.25) is 14.4 Å². The first kappa shape index (κ1) is 12.4. The number of ketones is 1. The van der Waals surface area contributed by atoms with Crippen molar-refractivity contribution in [2.45, 2.75) is 33.6 Å². The van der Waals surface area contributed by atoms with Crippen molar-refractivity contribution in [2.24, 2.45) is 5.41 Å². The van der Waals surface area contributed by atoms with E-state index in [1.165, 1.54) is 0 Å². The average molecular weight is 227 g/mol. The standard InChI is InChI=1S/C10H13NO5/c1-10(2,3)8(14)9(15)16-11-6(12)4-5-7(11)13/h4-5H2,1-3H3. The fourth-order valence-corrected chi connectivity index (χ4v) is 1.09. The van der Waals surface area contributed by atoms with Gasteiger partial charge in [0.05, 0.1) is 0 Å². The van der Waals surface area contributed by atoms with Crippen LogP contribution < -0.4 is 0 Å². The zero-order valence-electron chi connectivity index (χ0n) is 9.40. The van der Waals surface area contributed by atoms with E-state index in [1.54, 1.807) is 20.8 Å². The summed E-state index contributed by atoms with van der Waals surface area (Å²) in [5.74, 6) is -3.16. The molecule has 0 bridgehead atoms. The monoisotopic (exact) mass is 227 g/mol. The zero-order valence-corrected chi connectivity index (χ0v) is 9.40. The molecule has 6 heteroatoms. The molecule has 0 aliphatic carbocycles. The third kappa shape index (κ3) is 2.44. The van der Waals surface area contributed by atoms with Crippen LogP contribution in [-0.4, -0.2) is 28.6 Å². The Balaban J connectivity index is 2.68. The molecule has 1 aliphatic heterocycles. The number of hydrogen-bond acceptors (Lipinski definition) is 5. The second kappa shape index (κ2) is 4.03. The molecule has 2 amide bonds. The third-order valence-corrected chi connectivity index (χ3v) is 2.05. The fourth-order valence-electron chi connectivity index (χ4n) is 1.09. The van der Waals surface area contributed by atoms with Gasteiger partial charge in [0.1, 0.15) is 0 Å². The SMILES string of the molecule is CC(C)(C)C(=O)C(=O)ON1C(=O)CCC1=O. The van der Waals surface area contributed by atoms with Crippen LogP contribution in [0.2, 0.25) is 0 Å². The van der Waals surface area contributed by atoms with Crippen LogP contribution in [0, 0.1) is 5.41 Å². The molecule has 1 aliphatic rings. The third-order valence-electron chi connectivity index (χ3n) is 2.05. The number of hydrogen-bond donors (Lipinski definition) is 0. The number of rotatable bonds is 2. The number of carbonyl (C=O) groups is 4. The number of hydroxylamine groups is 2. The molecule has 1 saturated heterocycles. The minimum absolute atomic E-state index is 0.00974. The van der Waals surface area contributed by atoms with Gasteiger partial charge in [0.25, 0.3) is 11.8 Å². The maximum absolute atomic E-state index is 11.4. The van der Waals surface area contributed by atoms with E-state index in [1.807, 2.05) is 0 Å². The first-order valence-corrected chi connectivity index (χ1v) is 4.86. The predicted molar refractivity (Wildman–Crippen MR) is 51.6 cm³/mol. The summed E-state index contributed by atoms with van der Waals surface area (Å²) < 4.78 is 0. The van der Waals surface area contributed by atoms with Crippen LogP contribution in [0.4, 0.5) is 0 Å². The largest absolute Gasteiger partial charge is 0.399 e. The van der Waals surface area contributed by atoms with Crippen LogP contribution in [0.1, 0.15) is 33.6 Å². The van der Waals surface area contributed by atoms with Crippen molar-refractivity contribution < 1.29 is 24.0 Å². The van der Waals surface area contributed by atoms with Crippen molar-refractivity contribution in [2.75, 3.05) is 0 Å². The lowest BCUT2D eigenvalue weighted by molar-refractivity contribution is -0.198. The first-order chi connectivity index (χ1) is 7.23. The molecule has 0 unspecified atom stereocenters. The fraction of sp³-hybridized carbons (Fsp3) is 0.600. The Morgan fingerprint density at radius 2 is 1.56 bits per heavy atom. The average Bonchev–Trinajstić information content (AvgIpc) is 2.46. The van der Waals surface area contributed by atoms with Gasteiger partial charge in [-0.05, 0) is 0 Å². The molecule has 16 heavy (non-hydrogen) atoms. The Hall–Kier alpha value is -1.72. The summed E-state index contributed by atoms with van der Waals surface area (Å²) in [7, 11) is 0. The van der Waals surface area contributed by atoms with Gasteiger partial charge in [0, 0.05) is 18.3 Å². The summed E-state index contributed by atoms with van der Waals surface area (Å²) in [6, 6.07) is 0. The molecule has 88 valence electrons. The van der Waals surface area contributed by atoms with E-state index >= 15 is 0 Å². The van der Waals surface area contributed by atoms with Gasteiger partial charge in [0.2, 0.25) is 5.78 Å². The van der Waals surface area contributed by atoms with Crippen molar-refractivity contribution in [3.8, 4) is 0 Å². The van der Waals surface area contributed by atoms with Gasteiger partial charge in [-0.1, -0.05) is 20.8 Å². The van der Waals surface area contributed by atoms with E-state index in [0.29, 0.717) is 5.06 Å². The molecule has 0 spiro atoms. The Bertz CT molecular complexity index is 350. The summed E-state index contributed by atoms with van der Waals surface area (Å²) in [6.07, 6.45) is 0.0195. The van der Waals surface area contributed by atoms with Gasteiger partial charge < -0.3 is 4.84 Å². The van der Waals surface area contributed by atoms with Crippen LogP contribution in [0.3, 0.4) is 0 Å². The highest BCUT2D eigenvalue weighted by molar-refractivity contribution is 6.35. The molecule has 0 saturated carbocycles. The minimum Gasteiger partial charge on any atom is -0.322 e. The molecule has 0 atom stereocenters. The Morgan fingerprint density at radius 3 is 1.94 bits per heavy atom. The van der Waals surface area contributed by atoms with Crippen molar-refractivity contribution in [3.05, 3.63) is 0 Å². The quantitative estimate of drug-likeness (QED) is 0.497. The van der Waals surface area contributed by atoms with Crippen LogP contribution >= 0.6 is 0 Å². The molecule has 0 radical (unpaired) electrons. The number of amides is 2. The number of nitrogens with zero attached hydrogens (tertiary/aromatic N) is 1. The minimum atomic E-state index is -1.18. The van der Waals surface area contributed by atoms with Gasteiger partial charge in [-0.15, -0.1) is 5.06 Å². The van der Waals surface area contributed by atoms with E-state index < -0.39 is 29.0 Å². The maximum Gasteiger partial charge on any atom is 0.399 e.